The van der Waals surface area contributed by atoms with E-state index >= 15 is 0 Å². The third kappa shape index (κ3) is 1.94. The van der Waals surface area contributed by atoms with Crippen LogP contribution in [-0.4, -0.2) is 15.8 Å². The van der Waals surface area contributed by atoms with Crippen molar-refractivity contribution in [3.05, 3.63) is 50.9 Å². The standard InChI is InChI=1S/C12H9ClN2OS/c13-11-4-3-10(17-11)12(16)15-6-8-2-1-5-14-9(8)7-15/h1-5H,6-7H2. The van der Waals surface area contributed by atoms with E-state index in [2.05, 4.69) is 4.98 Å². The minimum Gasteiger partial charge on any atom is -0.328 e. The van der Waals surface area contributed by atoms with E-state index in [0.717, 1.165) is 11.3 Å². The Balaban J connectivity index is 1.83. The second-order valence-corrected chi connectivity index (χ2v) is 5.59. The van der Waals surface area contributed by atoms with Gasteiger partial charge in [-0.1, -0.05) is 17.7 Å². The molecule has 0 N–H and O–H groups in total. The van der Waals surface area contributed by atoms with Gasteiger partial charge in [-0.05, 0) is 23.8 Å². The minimum absolute atomic E-state index is 0.0277. The molecule has 0 unspecified atom stereocenters. The summed E-state index contributed by atoms with van der Waals surface area (Å²) in [4.78, 5) is 18.9. The molecule has 1 amide bonds. The summed E-state index contributed by atoms with van der Waals surface area (Å²) in [5.41, 5.74) is 2.12. The van der Waals surface area contributed by atoms with Gasteiger partial charge in [-0.15, -0.1) is 11.3 Å². The Bertz CT molecular complexity index is 556. The molecule has 3 nitrogen and oxygen atoms in total. The third-order valence-electron chi connectivity index (χ3n) is 2.76. The first-order chi connectivity index (χ1) is 8.24. The molecule has 0 spiro atoms. The van der Waals surface area contributed by atoms with Crippen molar-refractivity contribution in [2.24, 2.45) is 0 Å². The summed E-state index contributed by atoms with van der Waals surface area (Å²) in [6.45, 7) is 1.22. The number of nitrogens with zero attached hydrogens (tertiary/aromatic N) is 2. The summed E-state index contributed by atoms with van der Waals surface area (Å²) in [7, 11) is 0. The van der Waals surface area contributed by atoms with Crippen LogP contribution in [0.25, 0.3) is 0 Å². The lowest BCUT2D eigenvalue weighted by molar-refractivity contribution is 0.0755. The molecule has 2 aromatic rings. The van der Waals surface area contributed by atoms with E-state index < -0.39 is 0 Å². The van der Waals surface area contributed by atoms with Gasteiger partial charge in [0.25, 0.3) is 5.91 Å². The molecule has 0 saturated carbocycles. The molecule has 0 bridgehead atoms. The Morgan fingerprint density at radius 2 is 2.24 bits per heavy atom. The Morgan fingerprint density at radius 3 is 2.94 bits per heavy atom. The summed E-state index contributed by atoms with van der Waals surface area (Å²) in [6, 6.07) is 7.43. The normalized spacial score (nSPS) is 13.8. The first-order valence-electron chi connectivity index (χ1n) is 5.21. The highest BCUT2D eigenvalue weighted by Gasteiger charge is 2.25. The summed E-state index contributed by atoms with van der Waals surface area (Å²) in [5.74, 6) is 0.0277. The quantitative estimate of drug-likeness (QED) is 0.793. The zero-order valence-corrected chi connectivity index (χ0v) is 10.5. The van der Waals surface area contributed by atoms with Crippen LogP contribution in [0, 0.1) is 0 Å². The third-order valence-corrected chi connectivity index (χ3v) is 3.98. The molecule has 17 heavy (non-hydrogen) atoms. The van der Waals surface area contributed by atoms with Gasteiger partial charge in [0, 0.05) is 12.7 Å². The lowest BCUT2D eigenvalue weighted by Gasteiger charge is -2.13. The molecule has 1 aliphatic rings. The number of hydrogen-bond donors (Lipinski definition) is 0. The molecule has 1 aliphatic heterocycles. The number of thiophene rings is 1. The highest BCUT2D eigenvalue weighted by Crippen LogP contribution is 2.27. The van der Waals surface area contributed by atoms with E-state index in [1.54, 1.807) is 23.2 Å². The van der Waals surface area contributed by atoms with Gasteiger partial charge in [0.15, 0.2) is 0 Å². The zero-order valence-electron chi connectivity index (χ0n) is 8.89. The van der Waals surface area contributed by atoms with Crippen molar-refractivity contribution in [3.8, 4) is 0 Å². The van der Waals surface area contributed by atoms with Crippen molar-refractivity contribution in [2.45, 2.75) is 13.1 Å². The number of fused-ring (bicyclic) bond motifs is 1. The number of rotatable bonds is 1. The van der Waals surface area contributed by atoms with Crippen LogP contribution >= 0.6 is 22.9 Å². The molecule has 5 heteroatoms. The van der Waals surface area contributed by atoms with Crippen LogP contribution in [0.3, 0.4) is 0 Å². The summed E-state index contributed by atoms with van der Waals surface area (Å²) < 4.78 is 0.642. The first-order valence-corrected chi connectivity index (χ1v) is 6.41. The fourth-order valence-electron chi connectivity index (χ4n) is 1.93. The van der Waals surface area contributed by atoms with Gasteiger partial charge in [0.2, 0.25) is 0 Å². The number of halogens is 1. The molecule has 0 radical (unpaired) electrons. The molecule has 3 heterocycles. The van der Waals surface area contributed by atoms with E-state index in [0.29, 0.717) is 22.3 Å². The van der Waals surface area contributed by atoms with Gasteiger partial charge in [0.05, 0.1) is 21.5 Å². The minimum atomic E-state index is 0.0277. The average Bonchev–Trinajstić information content (AvgIpc) is 2.93. The van der Waals surface area contributed by atoms with Crippen LogP contribution in [0.15, 0.2) is 30.5 Å². The average molecular weight is 265 g/mol. The highest BCUT2D eigenvalue weighted by molar-refractivity contribution is 7.17. The van der Waals surface area contributed by atoms with Gasteiger partial charge < -0.3 is 4.90 Å². The van der Waals surface area contributed by atoms with E-state index in [4.69, 9.17) is 11.6 Å². The van der Waals surface area contributed by atoms with Crippen molar-refractivity contribution in [3.63, 3.8) is 0 Å². The van der Waals surface area contributed by atoms with E-state index in [9.17, 15) is 4.79 Å². The van der Waals surface area contributed by atoms with Crippen molar-refractivity contribution >= 4 is 28.8 Å². The molecule has 0 aromatic carbocycles. The van der Waals surface area contributed by atoms with Gasteiger partial charge in [-0.3, -0.25) is 9.78 Å². The molecule has 2 aromatic heterocycles. The van der Waals surface area contributed by atoms with Crippen molar-refractivity contribution in [2.75, 3.05) is 0 Å². The monoisotopic (exact) mass is 264 g/mol. The largest absolute Gasteiger partial charge is 0.328 e. The van der Waals surface area contributed by atoms with Crippen molar-refractivity contribution in [1.29, 1.82) is 0 Å². The number of amides is 1. The Labute approximate surface area is 108 Å². The Morgan fingerprint density at radius 1 is 1.35 bits per heavy atom. The first kappa shape index (κ1) is 10.7. The molecule has 0 fully saturated rings. The maximum absolute atomic E-state index is 12.2. The molecule has 3 rings (SSSR count). The Kier molecular flexibility index (Phi) is 2.61. The van der Waals surface area contributed by atoms with Crippen LogP contribution in [0.1, 0.15) is 20.9 Å². The number of carbonyl (C=O) groups excluding carboxylic acids is 1. The number of carbonyl (C=O) groups is 1. The number of hydrogen-bond acceptors (Lipinski definition) is 3. The SMILES string of the molecule is O=C(c1ccc(Cl)s1)N1Cc2cccnc2C1. The van der Waals surface area contributed by atoms with E-state index in [1.165, 1.54) is 11.3 Å². The highest BCUT2D eigenvalue weighted by atomic mass is 35.5. The van der Waals surface area contributed by atoms with Crippen molar-refractivity contribution in [1.82, 2.24) is 9.88 Å². The van der Waals surface area contributed by atoms with Crippen molar-refractivity contribution < 1.29 is 4.79 Å². The van der Waals surface area contributed by atoms with Crippen LogP contribution < -0.4 is 0 Å². The summed E-state index contributed by atoms with van der Waals surface area (Å²) in [6.07, 6.45) is 1.76. The topological polar surface area (TPSA) is 33.2 Å². The lowest BCUT2D eigenvalue weighted by atomic mass is 10.2. The molecule has 86 valence electrons. The maximum atomic E-state index is 12.2. The van der Waals surface area contributed by atoms with Crippen LogP contribution in [0.4, 0.5) is 0 Å². The summed E-state index contributed by atoms with van der Waals surface area (Å²) in [5, 5.41) is 0. The molecule has 0 atom stereocenters. The second kappa shape index (κ2) is 4.13. The fraction of sp³-hybridized carbons (Fsp3) is 0.167. The number of pyridine rings is 1. The van der Waals surface area contributed by atoms with Crippen LogP contribution in [0.5, 0.6) is 0 Å². The van der Waals surface area contributed by atoms with Crippen LogP contribution in [-0.2, 0) is 13.1 Å². The molecule has 0 aliphatic carbocycles. The van der Waals surface area contributed by atoms with Crippen LogP contribution in [0.2, 0.25) is 4.34 Å². The van der Waals surface area contributed by atoms with Gasteiger partial charge in [-0.25, -0.2) is 0 Å². The Hall–Kier alpha value is -1.39. The summed E-state index contributed by atoms with van der Waals surface area (Å²) >= 11 is 7.15. The zero-order chi connectivity index (χ0) is 11.8. The van der Waals surface area contributed by atoms with Gasteiger partial charge >= 0.3 is 0 Å². The molecule has 0 saturated heterocycles. The smallest absolute Gasteiger partial charge is 0.264 e. The number of aromatic nitrogens is 1. The molecular weight excluding hydrogens is 256 g/mol. The lowest BCUT2D eigenvalue weighted by Crippen LogP contribution is -2.24. The fourth-order valence-corrected chi connectivity index (χ4v) is 2.94. The van der Waals surface area contributed by atoms with E-state index in [1.807, 2.05) is 12.1 Å². The predicted molar refractivity (Wildman–Crippen MR) is 67.1 cm³/mol. The maximum Gasteiger partial charge on any atom is 0.264 e. The molecular formula is C12H9ClN2OS. The van der Waals surface area contributed by atoms with Gasteiger partial charge in [0.1, 0.15) is 0 Å². The van der Waals surface area contributed by atoms with Gasteiger partial charge in [-0.2, -0.15) is 0 Å². The second-order valence-electron chi connectivity index (χ2n) is 3.87. The predicted octanol–water partition coefficient (Wildman–Crippen LogP) is 2.95. The van der Waals surface area contributed by atoms with E-state index in [-0.39, 0.29) is 5.91 Å².